The molecule has 130 valence electrons. The highest BCUT2D eigenvalue weighted by Crippen LogP contribution is 2.39. The van der Waals surface area contributed by atoms with Crippen molar-refractivity contribution in [3.8, 4) is 10.4 Å². The molecule has 1 unspecified atom stereocenters. The van der Waals surface area contributed by atoms with Crippen LogP contribution in [0.4, 0.5) is 5.82 Å². The van der Waals surface area contributed by atoms with Crippen LogP contribution in [0, 0.1) is 0 Å². The molecule has 2 aromatic heterocycles. The summed E-state index contributed by atoms with van der Waals surface area (Å²) < 4.78 is 0. The second kappa shape index (κ2) is 7.28. The molecule has 3 aromatic rings. The van der Waals surface area contributed by atoms with Crippen LogP contribution in [0.1, 0.15) is 25.7 Å². The first-order valence-electron chi connectivity index (χ1n) is 8.66. The van der Waals surface area contributed by atoms with Gasteiger partial charge in [0.1, 0.15) is 10.6 Å². The van der Waals surface area contributed by atoms with Gasteiger partial charge in [0.05, 0.1) is 5.39 Å². The molecule has 4 nitrogen and oxygen atoms in total. The fourth-order valence-corrected chi connectivity index (χ4v) is 4.82. The first-order valence-corrected chi connectivity index (χ1v) is 9.85. The number of hydrogen-bond acceptors (Lipinski definition) is 5. The average Bonchev–Trinajstić information content (AvgIpc) is 3.06. The first kappa shape index (κ1) is 16.8. The van der Waals surface area contributed by atoms with Gasteiger partial charge in [0.25, 0.3) is 0 Å². The van der Waals surface area contributed by atoms with Gasteiger partial charge in [-0.3, -0.25) is 0 Å². The molecule has 4 rings (SSSR count). The molecule has 1 atom stereocenters. The van der Waals surface area contributed by atoms with Crippen molar-refractivity contribution in [2.24, 2.45) is 0 Å². The maximum Gasteiger partial charge on any atom is 0.225 e. The van der Waals surface area contributed by atoms with Crippen LogP contribution < -0.4 is 4.90 Å². The predicted octanol–water partition coefficient (Wildman–Crippen LogP) is 4.75. The minimum absolute atomic E-state index is 0.196. The Balaban J connectivity index is 1.81. The number of hydrogen-bond donors (Lipinski definition) is 1. The lowest BCUT2D eigenvalue weighted by molar-refractivity contribution is 0.262. The number of aliphatic hydroxyl groups is 1. The Morgan fingerprint density at radius 1 is 1.20 bits per heavy atom. The number of piperidine rings is 1. The monoisotopic (exact) mass is 373 g/mol. The van der Waals surface area contributed by atoms with Crippen molar-refractivity contribution in [2.75, 3.05) is 18.1 Å². The molecule has 0 spiro atoms. The highest BCUT2D eigenvalue weighted by atomic mass is 35.5. The second-order valence-corrected chi connectivity index (χ2v) is 7.74. The van der Waals surface area contributed by atoms with Gasteiger partial charge in [-0.25, -0.2) is 4.98 Å². The SMILES string of the molecule is OCCC1CCCCN1c1nc(Cl)nc2sc(-c3ccccc3)cc12. The van der Waals surface area contributed by atoms with E-state index in [0.717, 1.165) is 41.8 Å². The van der Waals surface area contributed by atoms with Crippen molar-refractivity contribution in [3.05, 3.63) is 41.7 Å². The summed E-state index contributed by atoms with van der Waals surface area (Å²) in [4.78, 5) is 13.4. The summed E-state index contributed by atoms with van der Waals surface area (Å²) in [7, 11) is 0. The largest absolute Gasteiger partial charge is 0.396 e. The number of nitrogens with zero attached hydrogens (tertiary/aromatic N) is 3. The summed E-state index contributed by atoms with van der Waals surface area (Å²) in [5.41, 5.74) is 1.18. The van der Waals surface area contributed by atoms with Crippen LogP contribution >= 0.6 is 22.9 Å². The zero-order valence-corrected chi connectivity index (χ0v) is 15.4. The number of aliphatic hydroxyl groups excluding tert-OH is 1. The molecule has 1 N–H and O–H groups in total. The van der Waals surface area contributed by atoms with Crippen LogP contribution in [0.15, 0.2) is 36.4 Å². The lowest BCUT2D eigenvalue weighted by Crippen LogP contribution is -2.40. The van der Waals surface area contributed by atoms with Crippen molar-refractivity contribution < 1.29 is 5.11 Å². The van der Waals surface area contributed by atoms with Gasteiger partial charge < -0.3 is 10.0 Å². The summed E-state index contributed by atoms with van der Waals surface area (Å²) in [6.45, 7) is 1.14. The molecule has 0 bridgehead atoms. The van der Waals surface area contributed by atoms with Gasteiger partial charge in [-0.15, -0.1) is 11.3 Å². The number of benzene rings is 1. The average molecular weight is 374 g/mol. The Morgan fingerprint density at radius 2 is 2.04 bits per heavy atom. The van der Waals surface area contributed by atoms with E-state index in [1.54, 1.807) is 11.3 Å². The van der Waals surface area contributed by atoms with Crippen molar-refractivity contribution >= 4 is 39.0 Å². The first-order chi connectivity index (χ1) is 12.3. The van der Waals surface area contributed by atoms with Gasteiger partial charge in [0.15, 0.2) is 0 Å². The van der Waals surface area contributed by atoms with E-state index in [4.69, 9.17) is 11.6 Å². The van der Waals surface area contributed by atoms with E-state index in [1.807, 2.05) is 18.2 Å². The van der Waals surface area contributed by atoms with Crippen LogP contribution in [-0.4, -0.2) is 34.3 Å². The Hall–Kier alpha value is -1.69. The van der Waals surface area contributed by atoms with E-state index < -0.39 is 0 Å². The molecule has 1 fully saturated rings. The van der Waals surface area contributed by atoms with Gasteiger partial charge in [-0.05, 0) is 48.9 Å². The highest BCUT2D eigenvalue weighted by molar-refractivity contribution is 7.22. The van der Waals surface area contributed by atoms with Crippen LogP contribution in [0.25, 0.3) is 20.7 Å². The molecule has 1 aliphatic rings. The Labute approximate surface area is 156 Å². The highest BCUT2D eigenvalue weighted by Gasteiger charge is 2.26. The Bertz CT molecular complexity index is 866. The third kappa shape index (κ3) is 3.36. The van der Waals surface area contributed by atoms with Crippen LogP contribution in [-0.2, 0) is 0 Å². The summed E-state index contributed by atoms with van der Waals surface area (Å²) in [6, 6.07) is 12.8. The molecular weight excluding hydrogens is 354 g/mol. The Kier molecular flexibility index (Phi) is 4.88. The zero-order valence-electron chi connectivity index (χ0n) is 13.9. The third-order valence-electron chi connectivity index (χ3n) is 4.77. The van der Waals surface area contributed by atoms with E-state index >= 15 is 0 Å². The number of thiophene rings is 1. The topological polar surface area (TPSA) is 49.2 Å². The number of fused-ring (bicyclic) bond motifs is 1. The van der Waals surface area contributed by atoms with Gasteiger partial charge in [-0.1, -0.05) is 30.3 Å². The second-order valence-electron chi connectivity index (χ2n) is 6.37. The number of anilines is 1. The van der Waals surface area contributed by atoms with E-state index in [9.17, 15) is 5.11 Å². The summed E-state index contributed by atoms with van der Waals surface area (Å²) >= 11 is 7.88. The van der Waals surface area contributed by atoms with Crippen molar-refractivity contribution in [1.29, 1.82) is 0 Å². The standard InChI is InChI=1S/C19H20ClN3OS/c20-19-21-17(23-10-5-4-8-14(23)9-11-24)15-12-16(25-18(15)22-19)13-6-2-1-3-7-13/h1-3,6-7,12,14,24H,4-5,8-11H2. The van der Waals surface area contributed by atoms with Crippen molar-refractivity contribution in [2.45, 2.75) is 31.7 Å². The van der Waals surface area contributed by atoms with Gasteiger partial charge in [0, 0.05) is 24.1 Å². The molecule has 0 amide bonds. The van der Waals surface area contributed by atoms with Crippen molar-refractivity contribution in [3.63, 3.8) is 0 Å². The maximum absolute atomic E-state index is 9.42. The van der Waals surface area contributed by atoms with E-state index in [2.05, 4.69) is 33.1 Å². The predicted molar refractivity (Wildman–Crippen MR) is 105 cm³/mol. The van der Waals surface area contributed by atoms with Gasteiger partial charge >= 0.3 is 0 Å². The molecule has 6 heteroatoms. The van der Waals surface area contributed by atoms with Gasteiger partial charge in [-0.2, -0.15) is 4.98 Å². The quantitative estimate of drug-likeness (QED) is 0.670. The van der Waals surface area contributed by atoms with Crippen LogP contribution in [0.3, 0.4) is 0 Å². The number of halogens is 1. The smallest absolute Gasteiger partial charge is 0.225 e. The molecular formula is C19H20ClN3OS. The zero-order chi connectivity index (χ0) is 17.2. The van der Waals surface area contributed by atoms with Crippen LogP contribution in [0.5, 0.6) is 0 Å². The Morgan fingerprint density at radius 3 is 2.84 bits per heavy atom. The summed E-state index contributed by atoms with van der Waals surface area (Å²) in [5.74, 6) is 0.909. The lowest BCUT2D eigenvalue weighted by atomic mass is 9.99. The molecule has 1 aliphatic heterocycles. The fourth-order valence-electron chi connectivity index (χ4n) is 3.57. The number of rotatable bonds is 4. The number of aromatic nitrogens is 2. The maximum atomic E-state index is 9.42. The minimum atomic E-state index is 0.196. The third-order valence-corrected chi connectivity index (χ3v) is 6.01. The molecule has 0 radical (unpaired) electrons. The van der Waals surface area contributed by atoms with Gasteiger partial charge in [0.2, 0.25) is 5.28 Å². The van der Waals surface area contributed by atoms with E-state index in [1.165, 1.54) is 16.9 Å². The fraction of sp³-hybridized carbons (Fsp3) is 0.368. The molecule has 1 saturated heterocycles. The normalized spacial score (nSPS) is 18.0. The molecule has 1 aromatic carbocycles. The van der Waals surface area contributed by atoms with E-state index in [0.29, 0.717) is 6.04 Å². The molecule has 0 saturated carbocycles. The molecule has 3 heterocycles. The summed E-state index contributed by atoms with van der Waals surface area (Å²) in [5, 5.41) is 10.8. The minimum Gasteiger partial charge on any atom is -0.396 e. The van der Waals surface area contributed by atoms with Crippen LogP contribution in [0.2, 0.25) is 5.28 Å². The summed E-state index contributed by atoms with van der Waals surface area (Å²) in [6.07, 6.45) is 4.18. The van der Waals surface area contributed by atoms with Crippen molar-refractivity contribution in [1.82, 2.24) is 9.97 Å². The lowest BCUT2D eigenvalue weighted by Gasteiger charge is -2.36. The molecule has 0 aliphatic carbocycles. The van der Waals surface area contributed by atoms with E-state index in [-0.39, 0.29) is 11.9 Å². The molecule has 25 heavy (non-hydrogen) atoms.